The van der Waals surface area contributed by atoms with Crippen LogP contribution in [-0.4, -0.2) is 26.3 Å². The zero-order valence-corrected chi connectivity index (χ0v) is 18.3. The van der Waals surface area contributed by atoms with Crippen molar-refractivity contribution < 1.29 is 9.59 Å². The van der Waals surface area contributed by atoms with Gasteiger partial charge < -0.3 is 15.2 Å². The largest absolute Gasteiger partial charge is 0.352 e. The normalized spacial score (nSPS) is 10.7. The van der Waals surface area contributed by atoms with Gasteiger partial charge in [0, 0.05) is 35.7 Å². The number of anilines is 1. The lowest BCUT2D eigenvalue weighted by molar-refractivity contribution is -0.120. The molecule has 1 aromatic carbocycles. The lowest BCUT2D eigenvalue weighted by Gasteiger charge is -2.07. The van der Waals surface area contributed by atoms with Gasteiger partial charge >= 0.3 is 0 Å². The van der Waals surface area contributed by atoms with Gasteiger partial charge in [0.25, 0.3) is 0 Å². The van der Waals surface area contributed by atoms with Crippen LogP contribution in [0.5, 0.6) is 0 Å². The van der Waals surface area contributed by atoms with Gasteiger partial charge in [0.2, 0.25) is 11.8 Å². The number of aromatic nitrogens is 3. The summed E-state index contributed by atoms with van der Waals surface area (Å²) in [4.78, 5) is 33.8. The van der Waals surface area contributed by atoms with Crippen molar-refractivity contribution in [3.63, 3.8) is 0 Å². The number of nitrogens with zero attached hydrogens (tertiary/aromatic N) is 3. The van der Waals surface area contributed by atoms with E-state index in [-0.39, 0.29) is 18.2 Å². The number of rotatable bonds is 9. The number of amides is 2. The number of thiophene rings is 1. The highest BCUT2D eigenvalue weighted by Gasteiger charge is 2.11. The molecule has 0 fully saturated rings. The Morgan fingerprint density at radius 3 is 2.74 bits per heavy atom. The molecule has 0 saturated carbocycles. The predicted molar refractivity (Wildman–Crippen MR) is 122 cm³/mol. The van der Waals surface area contributed by atoms with E-state index in [9.17, 15) is 9.59 Å². The average Bonchev–Trinajstić information content (AvgIpc) is 3.51. The average molecular weight is 452 g/mol. The fourth-order valence-electron chi connectivity index (χ4n) is 3.04. The number of carbonyl (C=O) groups is 2. The monoisotopic (exact) mass is 451 g/mol. The Bertz CT molecular complexity index is 1140. The molecule has 0 aliphatic heterocycles. The highest BCUT2D eigenvalue weighted by molar-refractivity contribution is 7.14. The molecule has 0 spiro atoms. The fourth-order valence-corrected chi connectivity index (χ4v) is 4.47. The van der Waals surface area contributed by atoms with Crippen molar-refractivity contribution in [2.75, 3.05) is 5.32 Å². The summed E-state index contributed by atoms with van der Waals surface area (Å²) in [5.41, 5.74) is 2.82. The van der Waals surface area contributed by atoms with E-state index in [1.165, 1.54) is 11.3 Å². The van der Waals surface area contributed by atoms with Crippen molar-refractivity contribution in [2.24, 2.45) is 0 Å². The van der Waals surface area contributed by atoms with Crippen molar-refractivity contribution in [1.29, 1.82) is 0 Å². The molecule has 4 rings (SSSR count). The Labute approximate surface area is 187 Å². The maximum Gasteiger partial charge on any atom is 0.231 e. The van der Waals surface area contributed by atoms with Crippen LogP contribution in [0.15, 0.2) is 65.9 Å². The van der Waals surface area contributed by atoms with Crippen molar-refractivity contribution in [2.45, 2.75) is 25.9 Å². The molecule has 2 N–H and O–H groups in total. The fraction of sp³-hybridized carbons (Fsp3) is 0.182. The number of hydrogen-bond acceptors (Lipinski definition) is 6. The number of imidazole rings is 1. The Morgan fingerprint density at radius 2 is 1.94 bits per heavy atom. The number of thiazole rings is 1. The first-order chi connectivity index (χ1) is 15.1. The maximum absolute atomic E-state index is 12.3. The van der Waals surface area contributed by atoms with Crippen molar-refractivity contribution >= 4 is 39.6 Å². The minimum atomic E-state index is -0.109. The lowest BCUT2D eigenvalue weighted by Crippen LogP contribution is -2.24. The first-order valence-corrected chi connectivity index (χ1v) is 11.5. The Hall–Kier alpha value is -3.30. The van der Waals surface area contributed by atoms with E-state index in [0.717, 1.165) is 22.5 Å². The SMILES string of the molecule is O=C(Cc1csc(NC(=O)Cc2cccs2)n1)NCc1cccc(Cn2ccnc2)c1. The molecule has 158 valence electrons. The summed E-state index contributed by atoms with van der Waals surface area (Å²) < 4.78 is 2.00. The van der Waals surface area contributed by atoms with E-state index >= 15 is 0 Å². The highest BCUT2D eigenvalue weighted by Crippen LogP contribution is 2.17. The van der Waals surface area contributed by atoms with Crippen molar-refractivity contribution in [1.82, 2.24) is 19.9 Å². The Kier molecular flexibility index (Phi) is 6.85. The molecule has 0 aliphatic rings. The van der Waals surface area contributed by atoms with Gasteiger partial charge in [-0.15, -0.1) is 22.7 Å². The van der Waals surface area contributed by atoms with Crippen molar-refractivity contribution in [3.8, 4) is 0 Å². The lowest BCUT2D eigenvalue weighted by atomic mass is 10.1. The van der Waals surface area contributed by atoms with E-state index in [1.807, 2.05) is 40.4 Å². The Balaban J connectivity index is 1.24. The second-order valence-corrected chi connectivity index (χ2v) is 8.85. The van der Waals surface area contributed by atoms with E-state index < -0.39 is 0 Å². The second-order valence-electron chi connectivity index (χ2n) is 6.96. The van der Waals surface area contributed by atoms with Crippen LogP contribution in [0.4, 0.5) is 5.13 Å². The van der Waals surface area contributed by atoms with Gasteiger partial charge in [0.1, 0.15) is 0 Å². The first kappa shape index (κ1) is 21.0. The first-order valence-electron chi connectivity index (χ1n) is 9.71. The quantitative estimate of drug-likeness (QED) is 0.408. The van der Waals surface area contributed by atoms with E-state index in [0.29, 0.717) is 23.8 Å². The summed E-state index contributed by atoms with van der Waals surface area (Å²) in [7, 11) is 0. The molecule has 0 saturated heterocycles. The van der Waals surface area contributed by atoms with Crippen LogP contribution >= 0.6 is 22.7 Å². The number of hydrogen-bond donors (Lipinski definition) is 2. The smallest absolute Gasteiger partial charge is 0.231 e. The molecule has 7 nitrogen and oxygen atoms in total. The second kappa shape index (κ2) is 10.1. The molecule has 0 aliphatic carbocycles. The van der Waals surface area contributed by atoms with Gasteiger partial charge in [-0.3, -0.25) is 9.59 Å². The zero-order chi connectivity index (χ0) is 21.5. The van der Waals surface area contributed by atoms with Gasteiger partial charge in [-0.1, -0.05) is 30.3 Å². The van der Waals surface area contributed by atoms with Crippen molar-refractivity contribution in [3.05, 3.63) is 87.6 Å². The van der Waals surface area contributed by atoms with Gasteiger partial charge in [-0.05, 0) is 22.6 Å². The minimum absolute atomic E-state index is 0.108. The van der Waals surface area contributed by atoms with Crippen LogP contribution in [-0.2, 0) is 35.5 Å². The molecular formula is C22H21N5O2S2. The van der Waals surface area contributed by atoms with Crippen LogP contribution in [0, 0.1) is 0 Å². The summed E-state index contributed by atoms with van der Waals surface area (Å²) >= 11 is 2.87. The van der Waals surface area contributed by atoms with Crippen LogP contribution in [0.25, 0.3) is 0 Å². The molecule has 0 radical (unpaired) electrons. The molecular weight excluding hydrogens is 430 g/mol. The number of carbonyl (C=O) groups excluding carboxylic acids is 2. The summed E-state index contributed by atoms with van der Waals surface area (Å²) in [5.74, 6) is -0.217. The number of nitrogens with one attached hydrogen (secondary N) is 2. The summed E-state index contributed by atoms with van der Waals surface area (Å²) in [6.07, 6.45) is 5.95. The Morgan fingerprint density at radius 1 is 1.03 bits per heavy atom. The standard InChI is InChI=1S/C22H21N5O2S2/c28-20(24-12-16-3-1-4-17(9-16)13-27-7-6-23-15-27)10-18-14-31-22(25-18)26-21(29)11-19-5-2-8-30-19/h1-9,14-15H,10-13H2,(H,24,28)(H,25,26,29). The van der Waals surface area contributed by atoms with E-state index in [1.54, 1.807) is 29.2 Å². The maximum atomic E-state index is 12.3. The number of benzene rings is 1. The molecule has 0 atom stereocenters. The highest BCUT2D eigenvalue weighted by atomic mass is 32.1. The van der Waals surface area contributed by atoms with E-state index in [4.69, 9.17) is 0 Å². The third-order valence-electron chi connectivity index (χ3n) is 4.46. The molecule has 0 unspecified atom stereocenters. The van der Waals surface area contributed by atoms with Gasteiger partial charge in [0.05, 0.1) is 24.9 Å². The topological polar surface area (TPSA) is 88.9 Å². The van der Waals surface area contributed by atoms with Crippen LogP contribution < -0.4 is 10.6 Å². The molecule has 2 amide bonds. The van der Waals surface area contributed by atoms with Crippen LogP contribution in [0.1, 0.15) is 21.7 Å². The third-order valence-corrected chi connectivity index (χ3v) is 6.14. The molecule has 31 heavy (non-hydrogen) atoms. The van der Waals surface area contributed by atoms with Crippen LogP contribution in [0.3, 0.4) is 0 Å². The molecule has 3 heterocycles. The predicted octanol–water partition coefficient (Wildman–Crippen LogP) is 3.49. The molecule has 4 aromatic rings. The minimum Gasteiger partial charge on any atom is -0.352 e. The summed E-state index contributed by atoms with van der Waals surface area (Å²) in [6, 6.07) is 11.9. The molecule has 9 heteroatoms. The van der Waals surface area contributed by atoms with Gasteiger partial charge in [-0.2, -0.15) is 0 Å². The summed E-state index contributed by atoms with van der Waals surface area (Å²) in [5, 5.41) is 9.98. The molecule has 3 aromatic heterocycles. The van der Waals surface area contributed by atoms with Gasteiger partial charge in [-0.25, -0.2) is 9.97 Å². The van der Waals surface area contributed by atoms with Crippen LogP contribution in [0.2, 0.25) is 0 Å². The third kappa shape index (κ3) is 6.34. The molecule has 0 bridgehead atoms. The summed E-state index contributed by atoms with van der Waals surface area (Å²) in [6.45, 7) is 1.19. The van der Waals surface area contributed by atoms with Gasteiger partial charge in [0.15, 0.2) is 5.13 Å². The zero-order valence-electron chi connectivity index (χ0n) is 16.7. The van der Waals surface area contributed by atoms with E-state index in [2.05, 4.69) is 32.7 Å².